The maximum Gasteiger partial charge on any atom is 0.271 e. The lowest BCUT2D eigenvalue weighted by Crippen LogP contribution is -2.59. The van der Waals surface area contributed by atoms with Gasteiger partial charge in [-0.2, -0.15) is 0 Å². The first-order valence-electron chi connectivity index (χ1n) is 25.5. The van der Waals surface area contributed by atoms with E-state index in [1.165, 1.54) is 0 Å². The summed E-state index contributed by atoms with van der Waals surface area (Å²) in [5, 5.41) is 22.9. The summed E-state index contributed by atoms with van der Waals surface area (Å²) >= 11 is 7.90. The minimum atomic E-state index is -0.628. The zero-order valence-electron chi connectivity index (χ0n) is 43.8. The molecule has 4 N–H and O–H groups in total. The molecule has 404 valence electrons. The van der Waals surface area contributed by atoms with Gasteiger partial charge in [0, 0.05) is 78.8 Å². The first-order chi connectivity index (χ1) is 35.7. The fourth-order valence-electron chi connectivity index (χ4n) is 10.0. The molecule has 2 unspecified atom stereocenters. The Bertz CT molecular complexity index is 2890. The van der Waals surface area contributed by atoms with Gasteiger partial charge in [-0.1, -0.05) is 43.0 Å². The van der Waals surface area contributed by atoms with Crippen molar-refractivity contribution in [2.75, 3.05) is 79.9 Å². The molecule has 3 aliphatic rings. The summed E-state index contributed by atoms with van der Waals surface area (Å²) in [6.07, 6.45) is 4.96. The number of piperazine rings is 1. The Morgan fingerprint density at radius 1 is 0.867 bits per heavy atom. The topological polar surface area (TPSA) is 216 Å². The highest BCUT2D eigenvalue weighted by atomic mass is 35.5. The van der Waals surface area contributed by atoms with E-state index < -0.39 is 24.0 Å². The Morgan fingerprint density at radius 2 is 1.53 bits per heavy atom. The third-order valence-electron chi connectivity index (χ3n) is 14.4. The van der Waals surface area contributed by atoms with Gasteiger partial charge >= 0.3 is 0 Å². The highest BCUT2D eigenvalue weighted by Gasteiger charge is 2.38. The number of amides is 5. The fourth-order valence-corrected chi connectivity index (χ4v) is 11.4. The van der Waals surface area contributed by atoms with Crippen LogP contribution in [-0.2, 0) is 30.9 Å². The molecule has 0 radical (unpaired) electrons. The van der Waals surface area contributed by atoms with E-state index in [1.807, 2.05) is 35.8 Å². The molecule has 1 saturated heterocycles. The molecule has 22 heteroatoms. The molecule has 2 aromatic carbocycles. The van der Waals surface area contributed by atoms with E-state index >= 15 is 0 Å². The van der Waals surface area contributed by atoms with Crippen LogP contribution in [0.25, 0.3) is 15.9 Å². The Balaban J connectivity index is 0.00000820. The number of thiophene rings is 1. The summed E-state index contributed by atoms with van der Waals surface area (Å²) < 4.78 is 20.8. The second-order valence-corrected chi connectivity index (χ2v) is 20.8. The smallest absolute Gasteiger partial charge is 0.271 e. The van der Waals surface area contributed by atoms with Crippen molar-refractivity contribution >= 4 is 81.5 Å². The number of hydrogen-bond donors (Lipinski definition) is 4. The van der Waals surface area contributed by atoms with Crippen LogP contribution >= 0.6 is 35.3 Å². The van der Waals surface area contributed by atoms with Crippen LogP contribution in [0.5, 0.6) is 5.75 Å². The van der Waals surface area contributed by atoms with Crippen LogP contribution in [0.15, 0.2) is 47.5 Å². The van der Waals surface area contributed by atoms with E-state index in [2.05, 4.69) is 45.3 Å². The van der Waals surface area contributed by atoms with Gasteiger partial charge in [0.1, 0.15) is 34.4 Å². The first-order valence-corrected chi connectivity index (χ1v) is 26.7. The number of benzene rings is 2. The number of hydrogen-bond acceptors (Lipinski definition) is 13. The van der Waals surface area contributed by atoms with Crippen LogP contribution < -0.4 is 26.0 Å². The number of ether oxygens (including phenoxy) is 3. The van der Waals surface area contributed by atoms with Gasteiger partial charge in [0.2, 0.25) is 17.7 Å². The molecule has 5 heterocycles. The predicted octanol–water partition coefficient (Wildman–Crippen LogP) is 5.65. The van der Waals surface area contributed by atoms with Crippen molar-refractivity contribution in [1.82, 2.24) is 50.4 Å². The van der Waals surface area contributed by atoms with Crippen molar-refractivity contribution in [3.63, 3.8) is 0 Å². The molecule has 3 aromatic heterocycles. The number of carbonyl (C=O) groups is 5. The Hall–Kier alpha value is -5.90. The lowest BCUT2D eigenvalue weighted by Gasteiger charge is -2.39. The second-order valence-electron chi connectivity index (χ2n) is 19.1. The number of rotatable bonds is 20. The van der Waals surface area contributed by atoms with E-state index in [0.29, 0.717) is 46.4 Å². The normalized spacial score (nSPS) is 16.5. The number of aromatic nitrogens is 4. The molecule has 3 atom stereocenters. The molecule has 2 fully saturated rings. The minimum absolute atomic E-state index is 0. The fraction of sp³-hybridized carbons (Fsp3) is 0.509. The number of fused-ring (bicyclic) bond motifs is 4. The van der Waals surface area contributed by atoms with E-state index in [0.717, 1.165) is 64.4 Å². The van der Waals surface area contributed by atoms with Gasteiger partial charge in [0.05, 0.1) is 62.8 Å². The maximum atomic E-state index is 14.5. The summed E-state index contributed by atoms with van der Waals surface area (Å²) in [6.45, 7) is 10.4. The maximum absolute atomic E-state index is 14.5. The van der Waals surface area contributed by atoms with Gasteiger partial charge in [-0.3, -0.25) is 33.5 Å². The van der Waals surface area contributed by atoms with Gasteiger partial charge in [0.25, 0.3) is 11.8 Å². The molecule has 8 rings (SSSR count). The molecular formula is C53H69Cl2N11O8S. The Morgan fingerprint density at radius 3 is 2.20 bits per heavy atom. The number of nitrogens with zero attached hydrogens (tertiary/aromatic N) is 7. The summed E-state index contributed by atoms with van der Waals surface area (Å²) in [5.74, 6) is 0.652. The van der Waals surface area contributed by atoms with Crippen molar-refractivity contribution in [3.8, 4) is 10.8 Å². The molecule has 1 aliphatic carbocycles. The van der Waals surface area contributed by atoms with Gasteiger partial charge < -0.3 is 49.8 Å². The van der Waals surface area contributed by atoms with Crippen LogP contribution in [0.4, 0.5) is 0 Å². The average Bonchev–Trinajstić information content (AvgIpc) is 4.03. The molecule has 5 amide bonds. The lowest BCUT2D eigenvalue weighted by atomic mass is 9.83. The Kier molecular flexibility index (Phi) is 19.5. The quantitative estimate of drug-likeness (QED) is 0.0699. The zero-order chi connectivity index (χ0) is 52.6. The molecular weight excluding hydrogens is 1020 g/mol. The first kappa shape index (κ1) is 56.8. The lowest BCUT2D eigenvalue weighted by molar-refractivity contribution is -0.140. The highest BCUT2D eigenvalue weighted by molar-refractivity contribution is 7.15. The van der Waals surface area contributed by atoms with E-state index in [1.54, 1.807) is 72.0 Å². The zero-order valence-corrected chi connectivity index (χ0v) is 46.1. The van der Waals surface area contributed by atoms with Crippen LogP contribution in [0.3, 0.4) is 0 Å². The highest BCUT2D eigenvalue weighted by Crippen LogP contribution is 2.40. The number of halogens is 2. The third kappa shape index (κ3) is 12.7. The standard InChI is InChI=1S/C53H68ClN11O8S.ClH/c1-31-33(3)74-53-43(31)45(36-13-15-37(54)16-14-36)58-40(48-61-60-34(4)65(48)53)30-42(66)56-19-25-72-27-28-73-26-20-57-50(68)44-39-18-17-38(71-7)29-41(39)62(6)47(44)52(70)64-23-21-63(22-24-64)51(69)46(35-11-9-8-10-12-35)59-49(67)32(2)55-5;/h13-18,29,32,35,40,46,55H,8-12,19-28,30H2,1-7H3,(H,56,66)(H,57,68)(H,59,67);1H/t32?,40-,46?;/m0./s1. The van der Waals surface area contributed by atoms with Crippen LogP contribution in [-0.4, -0.2) is 156 Å². The summed E-state index contributed by atoms with van der Waals surface area (Å²) in [7, 11) is 5.03. The molecule has 5 aromatic rings. The van der Waals surface area contributed by atoms with Crippen molar-refractivity contribution < 1.29 is 38.2 Å². The number of aliphatic imine (C=N–C) groups is 1. The van der Waals surface area contributed by atoms with Crippen LogP contribution in [0.2, 0.25) is 5.02 Å². The van der Waals surface area contributed by atoms with Crippen molar-refractivity contribution in [2.24, 2.45) is 18.0 Å². The number of likely N-dealkylation sites (N-methyl/N-ethyl adjacent to an activating group) is 1. The molecule has 0 bridgehead atoms. The molecule has 75 heavy (non-hydrogen) atoms. The van der Waals surface area contributed by atoms with E-state index in [-0.39, 0.29) is 112 Å². The van der Waals surface area contributed by atoms with Crippen molar-refractivity contribution in [1.29, 1.82) is 0 Å². The molecule has 19 nitrogen and oxygen atoms in total. The van der Waals surface area contributed by atoms with Crippen molar-refractivity contribution in [3.05, 3.63) is 92.0 Å². The number of carbonyl (C=O) groups excluding carboxylic acids is 5. The molecule has 2 aliphatic heterocycles. The summed E-state index contributed by atoms with van der Waals surface area (Å²) in [5.41, 5.74) is 4.90. The average molecular weight is 1090 g/mol. The van der Waals surface area contributed by atoms with E-state index in [9.17, 15) is 24.0 Å². The summed E-state index contributed by atoms with van der Waals surface area (Å²) in [6, 6.07) is 11.2. The predicted molar refractivity (Wildman–Crippen MR) is 291 cm³/mol. The largest absolute Gasteiger partial charge is 0.497 e. The molecule has 1 saturated carbocycles. The number of nitrogens with one attached hydrogen (secondary N) is 4. The Labute approximate surface area is 452 Å². The van der Waals surface area contributed by atoms with Gasteiger partial charge in [-0.25, -0.2) is 0 Å². The van der Waals surface area contributed by atoms with Crippen LogP contribution in [0, 0.1) is 26.7 Å². The molecule has 0 spiro atoms. The second kappa shape index (κ2) is 25.8. The third-order valence-corrected chi connectivity index (χ3v) is 15.9. The van der Waals surface area contributed by atoms with Crippen LogP contribution in [0.1, 0.15) is 106 Å². The SMILES string of the molecule is CNC(C)C(=O)NC(C(=O)N1CCN(C(=O)c2c(C(=O)NCCOCCOCCNC(=O)C[C@@H]3N=C(c4ccc(Cl)cc4)c4c(sc(C)c4C)-n4c(C)nnc43)c3ccc(OC)cc3n2C)CC1)C1CCCCC1.Cl. The van der Waals surface area contributed by atoms with Gasteiger partial charge in [-0.05, 0) is 83.3 Å². The summed E-state index contributed by atoms with van der Waals surface area (Å²) in [4.78, 5) is 78.7. The van der Waals surface area contributed by atoms with Gasteiger partial charge in [-0.15, -0.1) is 33.9 Å². The van der Waals surface area contributed by atoms with E-state index in [4.69, 9.17) is 30.8 Å². The monoisotopic (exact) mass is 1090 g/mol. The van der Waals surface area contributed by atoms with Crippen molar-refractivity contribution in [2.45, 2.75) is 84.3 Å². The van der Waals surface area contributed by atoms with Gasteiger partial charge in [0.15, 0.2) is 5.82 Å². The number of aryl methyl sites for hydroxylation is 3. The number of methoxy groups -OCH3 is 1. The minimum Gasteiger partial charge on any atom is -0.497 e.